The van der Waals surface area contributed by atoms with E-state index in [2.05, 4.69) is 10.6 Å². The van der Waals surface area contributed by atoms with Crippen LogP contribution in [0.15, 0.2) is 47.1 Å². The minimum absolute atomic E-state index is 0.193. The highest BCUT2D eigenvalue weighted by atomic mass is 35.5. The Morgan fingerprint density at radius 2 is 1.88 bits per heavy atom. The van der Waals surface area contributed by atoms with Crippen LogP contribution in [0.1, 0.15) is 31.6 Å². The van der Waals surface area contributed by atoms with Crippen LogP contribution in [0.3, 0.4) is 0 Å². The van der Waals surface area contributed by atoms with Gasteiger partial charge in [0, 0.05) is 5.02 Å². The van der Waals surface area contributed by atoms with E-state index in [1.54, 1.807) is 42.7 Å². The van der Waals surface area contributed by atoms with E-state index in [1.165, 1.54) is 0 Å². The van der Waals surface area contributed by atoms with Gasteiger partial charge in [0.2, 0.25) is 11.8 Å². The Bertz CT molecular complexity index is 681. The molecule has 2 rings (SSSR count). The highest BCUT2D eigenvalue weighted by Gasteiger charge is 2.22. The van der Waals surface area contributed by atoms with Crippen LogP contribution in [-0.4, -0.2) is 17.9 Å². The lowest BCUT2D eigenvalue weighted by Crippen LogP contribution is -2.47. The molecule has 5 nitrogen and oxygen atoms in total. The predicted molar refractivity (Wildman–Crippen MR) is 97.1 cm³/mol. The molecule has 0 spiro atoms. The maximum Gasteiger partial charge on any atom is 0.242 e. The summed E-state index contributed by atoms with van der Waals surface area (Å²) in [7, 11) is 0. The monoisotopic (exact) mass is 362 g/mol. The molecule has 0 aliphatic carbocycles. The van der Waals surface area contributed by atoms with Gasteiger partial charge in [-0.2, -0.15) is 0 Å². The normalized spacial score (nSPS) is 12.0. The maximum absolute atomic E-state index is 12.4. The highest BCUT2D eigenvalue weighted by Crippen LogP contribution is 2.11. The molecule has 0 saturated heterocycles. The molecule has 0 bridgehead atoms. The van der Waals surface area contributed by atoms with Gasteiger partial charge < -0.3 is 15.1 Å². The van der Waals surface area contributed by atoms with Crippen molar-refractivity contribution in [3.8, 4) is 0 Å². The van der Waals surface area contributed by atoms with Gasteiger partial charge in [0.05, 0.1) is 19.2 Å². The second-order valence-corrected chi connectivity index (χ2v) is 6.79. The summed E-state index contributed by atoms with van der Waals surface area (Å²) in [6.07, 6.45) is 2.33. The molecule has 0 radical (unpaired) electrons. The molecule has 2 aromatic rings. The van der Waals surface area contributed by atoms with E-state index in [0.717, 1.165) is 5.56 Å². The van der Waals surface area contributed by atoms with Gasteiger partial charge in [-0.15, -0.1) is 0 Å². The molecule has 2 N–H and O–H groups in total. The van der Waals surface area contributed by atoms with E-state index < -0.39 is 6.04 Å². The average Bonchev–Trinajstić information content (AvgIpc) is 3.07. The summed E-state index contributed by atoms with van der Waals surface area (Å²) in [6, 6.07) is 10.1. The van der Waals surface area contributed by atoms with Crippen molar-refractivity contribution in [2.75, 3.05) is 0 Å². The summed E-state index contributed by atoms with van der Waals surface area (Å²) in [6.45, 7) is 4.32. The number of amides is 2. The first-order chi connectivity index (χ1) is 11.9. The van der Waals surface area contributed by atoms with Crippen molar-refractivity contribution < 1.29 is 14.0 Å². The minimum Gasteiger partial charge on any atom is -0.467 e. The first kappa shape index (κ1) is 19.1. The van der Waals surface area contributed by atoms with Crippen molar-refractivity contribution in [2.45, 2.75) is 39.3 Å². The van der Waals surface area contributed by atoms with Crippen molar-refractivity contribution in [3.05, 3.63) is 59.0 Å². The standard InChI is InChI=1S/C19H23ClN2O3/c1-13(2)10-17(19(24)21-12-16-4-3-9-25-16)22-18(23)11-14-5-7-15(20)8-6-14/h3-9,13,17H,10-12H2,1-2H3,(H,21,24)(H,22,23)/t17-/m1/s1. The third kappa shape index (κ3) is 6.63. The summed E-state index contributed by atoms with van der Waals surface area (Å²) >= 11 is 5.85. The lowest BCUT2D eigenvalue weighted by atomic mass is 10.0. The molecular weight excluding hydrogens is 340 g/mol. The van der Waals surface area contributed by atoms with Gasteiger partial charge in [0.25, 0.3) is 0 Å². The van der Waals surface area contributed by atoms with Gasteiger partial charge in [0.15, 0.2) is 0 Å². The van der Waals surface area contributed by atoms with E-state index in [4.69, 9.17) is 16.0 Å². The zero-order valence-electron chi connectivity index (χ0n) is 14.4. The fraction of sp³-hybridized carbons (Fsp3) is 0.368. The number of halogens is 1. The van der Waals surface area contributed by atoms with Crippen LogP contribution in [-0.2, 0) is 22.6 Å². The number of carbonyl (C=O) groups excluding carboxylic acids is 2. The van der Waals surface area contributed by atoms with Crippen LogP contribution in [0.5, 0.6) is 0 Å². The van der Waals surface area contributed by atoms with Crippen LogP contribution in [0.2, 0.25) is 5.02 Å². The smallest absolute Gasteiger partial charge is 0.242 e. The molecule has 6 heteroatoms. The summed E-state index contributed by atoms with van der Waals surface area (Å²) in [5.41, 5.74) is 0.848. The third-order valence-corrected chi connectivity index (χ3v) is 3.91. The number of nitrogens with one attached hydrogen (secondary N) is 2. The Morgan fingerprint density at radius 3 is 2.48 bits per heavy atom. The number of rotatable bonds is 8. The Balaban J connectivity index is 1.92. The molecule has 0 saturated carbocycles. The topological polar surface area (TPSA) is 71.3 Å². The second kappa shape index (κ2) is 9.28. The van der Waals surface area contributed by atoms with E-state index in [1.807, 2.05) is 13.8 Å². The summed E-state index contributed by atoms with van der Waals surface area (Å²) in [4.78, 5) is 24.7. The molecule has 0 unspecified atom stereocenters. The zero-order valence-corrected chi connectivity index (χ0v) is 15.2. The van der Waals surface area contributed by atoms with E-state index in [0.29, 0.717) is 23.7 Å². The fourth-order valence-electron chi connectivity index (χ4n) is 2.45. The Labute approximate surface area is 152 Å². The van der Waals surface area contributed by atoms with Crippen LogP contribution in [0, 0.1) is 5.92 Å². The van der Waals surface area contributed by atoms with Crippen molar-refractivity contribution in [1.29, 1.82) is 0 Å². The minimum atomic E-state index is -0.574. The summed E-state index contributed by atoms with van der Waals surface area (Å²) < 4.78 is 5.20. The molecule has 0 aliphatic heterocycles. The Kier molecular flexibility index (Phi) is 7.07. The second-order valence-electron chi connectivity index (χ2n) is 6.35. The Morgan fingerprint density at radius 1 is 1.16 bits per heavy atom. The highest BCUT2D eigenvalue weighted by molar-refractivity contribution is 6.30. The van der Waals surface area contributed by atoms with Gasteiger partial charge in [0.1, 0.15) is 11.8 Å². The van der Waals surface area contributed by atoms with E-state index >= 15 is 0 Å². The van der Waals surface area contributed by atoms with Crippen molar-refractivity contribution in [1.82, 2.24) is 10.6 Å². The molecule has 25 heavy (non-hydrogen) atoms. The number of furan rings is 1. The molecule has 2 amide bonds. The first-order valence-electron chi connectivity index (χ1n) is 8.28. The van der Waals surface area contributed by atoms with E-state index in [-0.39, 0.29) is 24.2 Å². The van der Waals surface area contributed by atoms with Gasteiger partial charge in [-0.05, 0) is 42.2 Å². The quantitative estimate of drug-likeness (QED) is 0.756. The average molecular weight is 363 g/mol. The third-order valence-electron chi connectivity index (χ3n) is 3.65. The molecular formula is C19H23ClN2O3. The van der Waals surface area contributed by atoms with Gasteiger partial charge in [-0.1, -0.05) is 37.6 Å². The maximum atomic E-state index is 12.4. The largest absolute Gasteiger partial charge is 0.467 e. The molecule has 1 atom stereocenters. The molecule has 1 aromatic carbocycles. The molecule has 0 fully saturated rings. The summed E-state index contributed by atoms with van der Waals surface area (Å²) in [5.74, 6) is 0.537. The Hall–Kier alpha value is -2.27. The number of hydrogen-bond donors (Lipinski definition) is 2. The molecule has 1 aromatic heterocycles. The van der Waals surface area contributed by atoms with Gasteiger partial charge in [-0.25, -0.2) is 0 Å². The van der Waals surface area contributed by atoms with Crippen LogP contribution in [0.25, 0.3) is 0 Å². The van der Waals surface area contributed by atoms with Crippen LogP contribution >= 0.6 is 11.6 Å². The van der Waals surface area contributed by atoms with Crippen LogP contribution in [0.4, 0.5) is 0 Å². The summed E-state index contributed by atoms with van der Waals surface area (Å²) in [5, 5.41) is 6.25. The van der Waals surface area contributed by atoms with Crippen molar-refractivity contribution in [2.24, 2.45) is 5.92 Å². The SMILES string of the molecule is CC(C)C[C@@H](NC(=O)Cc1ccc(Cl)cc1)C(=O)NCc1ccco1. The number of benzene rings is 1. The van der Waals surface area contributed by atoms with Gasteiger partial charge in [-0.3, -0.25) is 9.59 Å². The number of hydrogen-bond acceptors (Lipinski definition) is 3. The predicted octanol–water partition coefficient (Wildman–Crippen LogP) is 3.32. The van der Waals surface area contributed by atoms with Crippen molar-refractivity contribution in [3.63, 3.8) is 0 Å². The fourth-order valence-corrected chi connectivity index (χ4v) is 2.57. The van der Waals surface area contributed by atoms with Crippen LogP contribution < -0.4 is 10.6 Å². The number of carbonyl (C=O) groups is 2. The molecule has 134 valence electrons. The first-order valence-corrected chi connectivity index (χ1v) is 8.65. The zero-order chi connectivity index (χ0) is 18.2. The molecule has 1 heterocycles. The lowest BCUT2D eigenvalue weighted by Gasteiger charge is -2.20. The van der Waals surface area contributed by atoms with E-state index in [9.17, 15) is 9.59 Å². The van der Waals surface area contributed by atoms with Crippen molar-refractivity contribution >= 4 is 23.4 Å². The lowest BCUT2D eigenvalue weighted by molar-refractivity contribution is -0.129. The molecule has 0 aliphatic rings. The van der Waals surface area contributed by atoms with Gasteiger partial charge >= 0.3 is 0 Å².